The highest BCUT2D eigenvalue weighted by Crippen LogP contribution is 2.18. The number of nitrogens with zero attached hydrogens (tertiary/aromatic N) is 1. The second kappa shape index (κ2) is 6.85. The fourth-order valence-electron chi connectivity index (χ4n) is 1.79. The Kier molecular flexibility index (Phi) is 4.90. The van der Waals surface area contributed by atoms with Crippen molar-refractivity contribution in [3.8, 4) is 5.75 Å². The lowest BCUT2D eigenvalue weighted by Crippen LogP contribution is -2.06. The summed E-state index contributed by atoms with van der Waals surface area (Å²) < 4.78 is 10.3. The summed E-state index contributed by atoms with van der Waals surface area (Å²) in [5, 5.41) is 0. The summed E-state index contributed by atoms with van der Waals surface area (Å²) in [6, 6.07) is 11.0. The van der Waals surface area contributed by atoms with Gasteiger partial charge in [-0.1, -0.05) is 12.1 Å². The van der Waals surface area contributed by atoms with E-state index in [-0.39, 0.29) is 6.04 Å². The van der Waals surface area contributed by atoms with Gasteiger partial charge in [0.15, 0.2) is 0 Å². The zero-order valence-corrected chi connectivity index (χ0v) is 12.1. The number of pyridine rings is 1. The summed E-state index contributed by atoms with van der Waals surface area (Å²) >= 11 is 0. The molecule has 0 spiro atoms. The Morgan fingerprint density at radius 3 is 2.76 bits per heavy atom. The van der Waals surface area contributed by atoms with Gasteiger partial charge in [-0.3, -0.25) is 4.98 Å². The van der Waals surface area contributed by atoms with E-state index < -0.39 is 5.97 Å². The van der Waals surface area contributed by atoms with Crippen LogP contribution in [0.2, 0.25) is 0 Å². The highest BCUT2D eigenvalue weighted by Gasteiger charge is 2.06. The number of carbonyl (C=O) groups is 1. The number of carbonyl (C=O) groups excluding carboxylic acids is 1. The van der Waals surface area contributed by atoms with Crippen molar-refractivity contribution in [2.75, 3.05) is 7.11 Å². The van der Waals surface area contributed by atoms with Gasteiger partial charge in [-0.25, -0.2) is 4.79 Å². The van der Waals surface area contributed by atoms with E-state index in [2.05, 4.69) is 9.72 Å². The molecule has 2 aromatic rings. The van der Waals surface area contributed by atoms with Crippen molar-refractivity contribution in [3.63, 3.8) is 0 Å². The molecule has 1 atom stereocenters. The summed E-state index contributed by atoms with van der Waals surface area (Å²) in [4.78, 5) is 15.5. The third-order valence-electron chi connectivity index (χ3n) is 3.02. The molecule has 1 heterocycles. The van der Waals surface area contributed by atoms with E-state index in [1.807, 2.05) is 31.2 Å². The van der Waals surface area contributed by atoms with Gasteiger partial charge < -0.3 is 15.2 Å². The molecule has 0 amide bonds. The number of aromatic nitrogens is 1. The maximum Gasteiger partial charge on any atom is 0.339 e. The van der Waals surface area contributed by atoms with Crippen molar-refractivity contribution >= 4 is 5.97 Å². The van der Waals surface area contributed by atoms with Crippen LogP contribution in [0.1, 0.15) is 34.6 Å². The Balaban J connectivity index is 2.00. The van der Waals surface area contributed by atoms with Gasteiger partial charge in [0.25, 0.3) is 0 Å². The molecule has 2 rings (SSSR count). The number of hydrogen-bond acceptors (Lipinski definition) is 5. The maximum atomic E-state index is 11.3. The van der Waals surface area contributed by atoms with Crippen LogP contribution < -0.4 is 10.5 Å². The summed E-state index contributed by atoms with van der Waals surface area (Å²) in [5.74, 6) is 0.336. The van der Waals surface area contributed by atoms with Crippen LogP contribution in [0, 0.1) is 0 Å². The van der Waals surface area contributed by atoms with Gasteiger partial charge in [0.2, 0.25) is 0 Å². The Morgan fingerprint density at radius 2 is 2.14 bits per heavy atom. The standard InChI is InChI=1S/C16H18N2O3/c1-11(17)12-4-3-5-15(8-12)21-10-14-7-6-13(9-18-14)16(19)20-2/h3-9,11H,10,17H2,1-2H3/t11-/m0/s1. The second-order valence-corrected chi connectivity index (χ2v) is 4.68. The van der Waals surface area contributed by atoms with Gasteiger partial charge >= 0.3 is 5.97 Å². The minimum Gasteiger partial charge on any atom is -0.487 e. The van der Waals surface area contributed by atoms with Crippen LogP contribution in [0.5, 0.6) is 5.75 Å². The zero-order valence-electron chi connectivity index (χ0n) is 12.1. The van der Waals surface area contributed by atoms with Crippen LogP contribution in [0.15, 0.2) is 42.6 Å². The SMILES string of the molecule is COC(=O)c1ccc(COc2cccc([C@H](C)N)c2)nc1. The first-order valence-electron chi connectivity index (χ1n) is 6.61. The minimum absolute atomic E-state index is 0.0361. The summed E-state index contributed by atoms with van der Waals surface area (Å²) in [6.45, 7) is 2.25. The Labute approximate surface area is 123 Å². The molecule has 21 heavy (non-hydrogen) atoms. The Hall–Kier alpha value is -2.40. The number of hydrogen-bond donors (Lipinski definition) is 1. The first kappa shape index (κ1) is 15.0. The van der Waals surface area contributed by atoms with E-state index in [1.165, 1.54) is 13.3 Å². The van der Waals surface area contributed by atoms with Crippen LogP contribution in [-0.2, 0) is 11.3 Å². The monoisotopic (exact) mass is 286 g/mol. The topological polar surface area (TPSA) is 74.4 Å². The maximum absolute atomic E-state index is 11.3. The molecule has 1 aromatic carbocycles. The predicted octanol–water partition coefficient (Wildman–Crippen LogP) is 2.47. The van der Waals surface area contributed by atoms with E-state index in [0.717, 1.165) is 17.0 Å². The van der Waals surface area contributed by atoms with E-state index in [0.29, 0.717) is 12.2 Å². The molecule has 0 saturated heterocycles. The molecule has 0 aliphatic rings. The van der Waals surface area contributed by atoms with Crippen LogP contribution in [0.4, 0.5) is 0 Å². The van der Waals surface area contributed by atoms with E-state index in [4.69, 9.17) is 10.5 Å². The van der Waals surface area contributed by atoms with Gasteiger partial charge in [0.05, 0.1) is 18.4 Å². The summed E-state index contributed by atoms with van der Waals surface area (Å²) in [7, 11) is 1.34. The van der Waals surface area contributed by atoms with E-state index >= 15 is 0 Å². The van der Waals surface area contributed by atoms with Crippen LogP contribution >= 0.6 is 0 Å². The molecule has 0 aliphatic heterocycles. The largest absolute Gasteiger partial charge is 0.487 e. The van der Waals surface area contributed by atoms with Gasteiger partial charge in [0, 0.05) is 12.2 Å². The molecule has 0 aliphatic carbocycles. The van der Waals surface area contributed by atoms with Gasteiger partial charge in [-0.05, 0) is 36.8 Å². The lowest BCUT2D eigenvalue weighted by Gasteiger charge is -2.10. The first-order valence-corrected chi connectivity index (χ1v) is 6.61. The molecule has 1 aromatic heterocycles. The molecule has 5 nitrogen and oxygen atoms in total. The number of ether oxygens (including phenoxy) is 2. The molecule has 5 heteroatoms. The normalized spacial score (nSPS) is 11.8. The zero-order chi connectivity index (χ0) is 15.2. The molecule has 2 N–H and O–H groups in total. The van der Waals surface area contributed by atoms with Crippen molar-refractivity contribution in [3.05, 3.63) is 59.4 Å². The lowest BCUT2D eigenvalue weighted by atomic mass is 10.1. The fourth-order valence-corrected chi connectivity index (χ4v) is 1.79. The van der Waals surface area contributed by atoms with Crippen molar-refractivity contribution in [2.24, 2.45) is 5.73 Å². The fraction of sp³-hybridized carbons (Fsp3) is 0.250. The minimum atomic E-state index is -0.403. The van der Waals surface area contributed by atoms with Crippen molar-refractivity contribution in [2.45, 2.75) is 19.6 Å². The average molecular weight is 286 g/mol. The first-order chi connectivity index (χ1) is 10.1. The number of esters is 1. The summed E-state index contributed by atoms with van der Waals surface area (Å²) in [6.07, 6.45) is 1.48. The Bertz CT molecular complexity index is 609. The molecular weight excluding hydrogens is 268 g/mol. The van der Waals surface area contributed by atoms with E-state index in [1.54, 1.807) is 12.1 Å². The van der Waals surface area contributed by atoms with Crippen molar-refractivity contribution < 1.29 is 14.3 Å². The molecule has 0 bridgehead atoms. The van der Waals surface area contributed by atoms with Crippen LogP contribution in [0.25, 0.3) is 0 Å². The number of rotatable bonds is 5. The third-order valence-corrected chi connectivity index (χ3v) is 3.02. The molecule has 0 saturated carbocycles. The quantitative estimate of drug-likeness (QED) is 0.855. The van der Waals surface area contributed by atoms with Crippen molar-refractivity contribution in [1.29, 1.82) is 0 Å². The molecular formula is C16H18N2O3. The smallest absolute Gasteiger partial charge is 0.339 e. The van der Waals surface area contributed by atoms with E-state index in [9.17, 15) is 4.79 Å². The molecule has 0 fully saturated rings. The van der Waals surface area contributed by atoms with Crippen LogP contribution in [-0.4, -0.2) is 18.1 Å². The molecule has 0 unspecified atom stereocenters. The number of benzene rings is 1. The number of nitrogens with two attached hydrogens (primary N) is 1. The van der Waals surface area contributed by atoms with Crippen LogP contribution in [0.3, 0.4) is 0 Å². The van der Waals surface area contributed by atoms with Gasteiger partial charge in [-0.2, -0.15) is 0 Å². The molecule has 110 valence electrons. The third kappa shape index (κ3) is 4.03. The van der Waals surface area contributed by atoms with Crippen molar-refractivity contribution in [1.82, 2.24) is 4.98 Å². The number of methoxy groups -OCH3 is 1. The molecule has 0 radical (unpaired) electrons. The lowest BCUT2D eigenvalue weighted by molar-refractivity contribution is 0.0600. The highest BCUT2D eigenvalue weighted by molar-refractivity contribution is 5.88. The predicted molar refractivity (Wildman–Crippen MR) is 79.0 cm³/mol. The highest BCUT2D eigenvalue weighted by atomic mass is 16.5. The van der Waals surface area contributed by atoms with Gasteiger partial charge in [0.1, 0.15) is 12.4 Å². The van der Waals surface area contributed by atoms with Gasteiger partial charge in [-0.15, -0.1) is 0 Å². The average Bonchev–Trinajstić information content (AvgIpc) is 2.53. The Morgan fingerprint density at radius 1 is 1.33 bits per heavy atom. The summed E-state index contributed by atoms with van der Waals surface area (Å²) in [5.41, 5.74) is 8.00. The second-order valence-electron chi connectivity index (χ2n) is 4.68.